The molecule has 1 aliphatic heterocycles. The van der Waals surface area contributed by atoms with Gasteiger partial charge in [0.15, 0.2) is 5.54 Å². The first-order valence-corrected chi connectivity index (χ1v) is 10.1. The average Bonchev–Trinajstić information content (AvgIpc) is 3.25. The molecular weight excluding hydrogens is 442 g/mol. The molecule has 0 aromatic heterocycles. The molecule has 1 aliphatic carbocycles. The topological polar surface area (TPSA) is 69.7 Å². The fourth-order valence-corrected chi connectivity index (χ4v) is 3.97. The van der Waals surface area contributed by atoms with Crippen LogP contribution in [0.15, 0.2) is 54.6 Å². The third kappa shape index (κ3) is 3.96. The number of carbonyl (C=O) groups excluding carboxylic acids is 3. The number of fused-ring (bicyclic) bond motifs is 2. The molecule has 1 N–H and O–H groups in total. The van der Waals surface area contributed by atoms with Gasteiger partial charge in [-0.15, -0.1) is 0 Å². The summed E-state index contributed by atoms with van der Waals surface area (Å²) in [6, 6.07) is 8.46. The highest BCUT2D eigenvalue weighted by Crippen LogP contribution is 2.38. The van der Waals surface area contributed by atoms with E-state index in [2.05, 4.69) is 5.32 Å². The predicted molar refractivity (Wildman–Crippen MR) is 110 cm³/mol. The molecule has 10 heteroatoms. The van der Waals surface area contributed by atoms with Gasteiger partial charge in [-0.2, -0.15) is 13.2 Å². The summed E-state index contributed by atoms with van der Waals surface area (Å²) in [5.41, 5.74) is 0.000953. The molecule has 1 saturated heterocycles. The molecule has 1 fully saturated rings. The number of urea groups is 1. The molecule has 6 nitrogen and oxygen atoms in total. The van der Waals surface area contributed by atoms with E-state index in [4.69, 9.17) is 0 Å². The number of hydrogen-bond donors (Lipinski definition) is 1. The summed E-state index contributed by atoms with van der Waals surface area (Å²) >= 11 is 0. The van der Waals surface area contributed by atoms with Crippen molar-refractivity contribution in [1.82, 2.24) is 15.1 Å². The van der Waals surface area contributed by atoms with Gasteiger partial charge >= 0.3 is 12.2 Å². The molecule has 0 saturated carbocycles. The van der Waals surface area contributed by atoms with Crippen LogP contribution in [0.1, 0.15) is 23.6 Å². The number of imide groups is 1. The maximum absolute atomic E-state index is 13.5. The molecule has 4 amide bonds. The number of nitrogens with zero attached hydrogens (tertiary/aromatic N) is 2. The van der Waals surface area contributed by atoms with Gasteiger partial charge in [-0.05, 0) is 41.8 Å². The zero-order valence-corrected chi connectivity index (χ0v) is 17.4. The summed E-state index contributed by atoms with van der Waals surface area (Å²) in [7, 11) is 0. The molecule has 2 atom stereocenters. The van der Waals surface area contributed by atoms with Crippen LogP contribution in [0.2, 0.25) is 0 Å². The Morgan fingerprint density at radius 2 is 1.79 bits per heavy atom. The molecule has 0 bridgehead atoms. The van der Waals surface area contributed by atoms with Crippen LogP contribution in [0.3, 0.4) is 0 Å². The highest BCUT2D eigenvalue weighted by Gasteiger charge is 2.54. The Kier molecular flexibility index (Phi) is 5.47. The lowest BCUT2D eigenvalue weighted by atomic mass is 9.92. The molecule has 2 aromatic rings. The van der Waals surface area contributed by atoms with Gasteiger partial charge in [0.25, 0.3) is 5.91 Å². The summed E-state index contributed by atoms with van der Waals surface area (Å²) in [6.07, 6.45) is -1.59. The molecule has 1 heterocycles. The van der Waals surface area contributed by atoms with Crippen LogP contribution in [0.4, 0.5) is 22.4 Å². The minimum absolute atomic E-state index is 0.266. The van der Waals surface area contributed by atoms with Crippen molar-refractivity contribution in [2.75, 3.05) is 6.54 Å². The van der Waals surface area contributed by atoms with Crippen LogP contribution in [0.25, 0.3) is 6.08 Å². The number of rotatable bonds is 5. The Labute approximate surface area is 186 Å². The van der Waals surface area contributed by atoms with Crippen LogP contribution >= 0.6 is 0 Å². The van der Waals surface area contributed by atoms with Crippen molar-refractivity contribution in [1.29, 1.82) is 0 Å². The molecule has 1 spiro atoms. The second kappa shape index (κ2) is 8.02. The van der Waals surface area contributed by atoms with E-state index in [1.807, 2.05) is 0 Å². The number of benzene rings is 2. The molecular formula is C23H19F4N3O3. The predicted octanol–water partition coefficient (Wildman–Crippen LogP) is 3.58. The molecule has 33 heavy (non-hydrogen) atoms. The van der Waals surface area contributed by atoms with Crippen molar-refractivity contribution in [2.45, 2.75) is 31.2 Å². The van der Waals surface area contributed by atoms with Gasteiger partial charge in [0.1, 0.15) is 18.4 Å². The normalized spacial score (nSPS) is 20.2. The SMILES string of the molecule is C[C@H](N(Cc1ccc(F)cc1)C(=O)CN1C(=O)NC2(C=Cc3ccccc32)C1=O)C(F)(F)F. The van der Waals surface area contributed by atoms with E-state index in [0.29, 0.717) is 20.9 Å². The first-order chi connectivity index (χ1) is 15.5. The summed E-state index contributed by atoms with van der Waals surface area (Å²) in [4.78, 5) is 39.9. The fraction of sp³-hybridized carbons (Fsp3) is 0.261. The van der Waals surface area contributed by atoms with E-state index in [0.717, 1.165) is 19.1 Å². The molecule has 172 valence electrons. The van der Waals surface area contributed by atoms with E-state index < -0.39 is 54.5 Å². The number of nitrogens with one attached hydrogen (secondary N) is 1. The van der Waals surface area contributed by atoms with E-state index in [1.165, 1.54) is 18.2 Å². The Balaban J connectivity index is 1.59. The minimum Gasteiger partial charge on any atom is -0.325 e. The van der Waals surface area contributed by atoms with E-state index in [1.54, 1.807) is 30.3 Å². The summed E-state index contributed by atoms with van der Waals surface area (Å²) in [6.45, 7) is -0.536. The number of amides is 4. The summed E-state index contributed by atoms with van der Waals surface area (Å²) in [5.74, 6) is -2.39. The van der Waals surface area contributed by atoms with Crippen molar-refractivity contribution >= 4 is 23.9 Å². The second-order valence-corrected chi connectivity index (χ2v) is 7.92. The van der Waals surface area contributed by atoms with Crippen LogP contribution in [-0.4, -0.2) is 46.4 Å². The van der Waals surface area contributed by atoms with Crippen molar-refractivity contribution in [2.24, 2.45) is 0 Å². The van der Waals surface area contributed by atoms with Crippen molar-refractivity contribution < 1.29 is 31.9 Å². The van der Waals surface area contributed by atoms with Crippen LogP contribution in [0.5, 0.6) is 0 Å². The van der Waals surface area contributed by atoms with Gasteiger partial charge in [0, 0.05) is 6.54 Å². The highest BCUT2D eigenvalue weighted by molar-refractivity contribution is 6.12. The summed E-state index contributed by atoms with van der Waals surface area (Å²) < 4.78 is 53.6. The quantitative estimate of drug-likeness (QED) is 0.547. The van der Waals surface area contributed by atoms with Crippen LogP contribution < -0.4 is 5.32 Å². The Morgan fingerprint density at radius 1 is 1.12 bits per heavy atom. The monoisotopic (exact) mass is 461 g/mol. The summed E-state index contributed by atoms with van der Waals surface area (Å²) in [5, 5.41) is 2.56. The lowest BCUT2D eigenvalue weighted by molar-refractivity contribution is -0.187. The Bertz CT molecular complexity index is 1150. The highest BCUT2D eigenvalue weighted by atomic mass is 19.4. The first-order valence-electron chi connectivity index (χ1n) is 10.1. The smallest absolute Gasteiger partial charge is 0.325 e. The van der Waals surface area contributed by atoms with E-state index in [9.17, 15) is 31.9 Å². The first kappa shape index (κ1) is 22.5. The third-order valence-corrected chi connectivity index (χ3v) is 5.85. The lowest BCUT2D eigenvalue weighted by Crippen LogP contribution is -2.51. The number of alkyl halides is 3. The van der Waals surface area contributed by atoms with Gasteiger partial charge in [0.2, 0.25) is 5.91 Å². The lowest BCUT2D eigenvalue weighted by Gasteiger charge is -2.32. The third-order valence-electron chi connectivity index (χ3n) is 5.85. The van der Waals surface area contributed by atoms with E-state index >= 15 is 0 Å². The number of hydrogen-bond acceptors (Lipinski definition) is 3. The number of halogens is 4. The minimum atomic E-state index is -4.75. The van der Waals surface area contributed by atoms with Gasteiger partial charge in [0.05, 0.1) is 0 Å². The Hall–Kier alpha value is -3.69. The molecule has 2 aliphatic rings. The maximum Gasteiger partial charge on any atom is 0.408 e. The van der Waals surface area contributed by atoms with Gasteiger partial charge in [-0.1, -0.05) is 42.5 Å². The average molecular weight is 461 g/mol. The van der Waals surface area contributed by atoms with Crippen molar-refractivity contribution in [3.8, 4) is 0 Å². The number of carbonyl (C=O) groups is 3. The van der Waals surface area contributed by atoms with Gasteiger partial charge in [-0.25, -0.2) is 9.18 Å². The van der Waals surface area contributed by atoms with Gasteiger partial charge in [-0.3, -0.25) is 14.5 Å². The van der Waals surface area contributed by atoms with Crippen molar-refractivity contribution in [3.63, 3.8) is 0 Å². The van der Waals surface area contributed by atoms with E-state index in [-0.39, 0.29) is 5.56 Å². The zero-order chi connectivity index (χ0) is 24.0. The molecule has 2 aromatic carbocycles. The molecule has 4 rings (SSSR count). The van der Waals surface area contributed by atoms with Crippen LogP contribution in [-0.2, 0) is 21.7 Å². The largest absolute Gasteiger partial charge is 0.408 e. The Morgan fingerprint density at radius 3 is 2.45 bits per heavy atom. The second-order valence-electron chi connectivity index (χ2n) is 7.92. The van der Waals surface area contributed by atoms with Crippen LogP contribution in [0, 0.1) is 5.82 Å². The standard InChI is InChI=1S/C23H19F4N3O3/c1-14(23(25,26)27)29(12-15-6-8-17(24)9-7-15)19(31)13-30-20(32)22(28-21(30)33)11-10-16-4-2-3-5-18(16)22/h2-11,14H,12-13H2,1H3,(H,28,33)/t14-,22?/m0/s1. The molecule has 0 radical (unpaired) electrons. The fourth-order valence-electron chi connectivity index (χ4n) is 3.97. The molecule has 1 unspecified atom stereocenters. The van der Waals surface area contributed by atoms with Gasteiger partial charge < -0.3 is 10.2 Å². The maximum atomic E-state index is 13.5. The zero-order valence-electron chi connectivity index (χ0n) is 17.4. The van der Waals surface area contributed by atoms with Crippen molar-refractivity contribution in [3.05, 3.63) is 77.1 Å².